The molecule has 0 radical (unpaired) electrons. The van der Waals surface area contributed by atoms with E-state index in [1.165, 1.54) is 22.9 Å². The van der Waals surface area contributed by atoms with E-state index in [0.29, 0.717) is 16.9 Å². The van der Waals surface area contributed by atoms with Gasteiger partial charge in [-0.25, -0.2) is 0 Å². The number of nitrogens with one attached hydrogen (secondary N) is 1. The molecule has 0 bridgehead atoms. The minimum Gasteiger partial charge on any atom is -0.411 e. The topological polar surface area (TPSA) is 84.2 Å². The van der Waals surface area contributed by atoms with Gasteiger partial charge in [0.15, 0.2) is 0 Å². The van der Waals surface area contributed by atoms with Crippen LogP contribution >= 0.6 is 11.8 Å². The first kappa shape index (κ1) is 19.4. The third-order valence-corrected chi connectivity index (χ3v) is 6.39. The van der Waals surface area contributed by atoms with E-state index in [0.717, 1.165) is 35.7 Å². The summed E-state index contributed by atoms with van der Waals surface area (Å²) < 4.78 is 11.8. The Labute approximate surface area is 178 Å². The highest BCUT2D eigenvalue weighted by atomic mass is 32.2. The number of fused-ring (bicyclic) bond motifs is 2. The van der Waals surface area contributed by atoms with Crippen molar-refractivity contribution in [1.82, 2.24) is 15.2 Å². The van der Waals surface area contributed by atoms with Crippen LogP contribution in [0.15, 0.2) is 64.4 Å². The molecular formula is C23H23N3O3S. The van der Waals surface area contributed by atoms with Crippen LogP contribution in [-0.2, 0) is 11.2 Å². The summed E-state index contributed by atoms with van der Waals surface area (Å²) in [4.78, 5) is 3.21. The van der Waals surface area contributed by atoms with E-state index >= 15 is 0 Å². The number of benzene rings is 2. The van der Waals surface area contributed by atoms with Crippen LogP contribution in [0.4, 0.5) is 0 Å². The van der Waals surface area contributed by atoms with Crippen LogP contribution in [0.25, 0.3) is 22.4 Å². The monoisotopic (exact) mass is 421 g/mol. The quantitative estimate of drug-likeness (QED) is 0.418. The molecule has 0 fully saturated rings. The maximum atomic E-state index is 10.4. The lowest BCUT2D eigenvalue weighted by atomic mass is 9.89. The molecule has 0 saturated carbocycles. The number of nitrogens with zero attached hydrogens (tertiary/aromatic N) is 2. The van der Waals surface area contributed by atoms with Crippen molar-refractivity contribution in [3.05, 3.63) is 65.9 Å². The van der Waals surface area contributed by atoms with Crippen molar-refractivity contribution in [3.63, 3.8) is 0 Å². The highest BCUT2D eigenvalue weighted by Gasteiger charge is 2.21. The molecule has 6 nitrogen and oxygen atoms in total. The zero-order valence-corrected chi connectivity index (χ0v) is 17.3. The number of hydrogen-bond donors (Lipinski definition) is 2. The van der Waals surface area contributed by atoms with E-state index in [9.17, 15) is 5.11 Å². The molecule has 1 aliphatic rings. The second kappa shape index (κ2) is 8.63. The summed E-state index contributed by atoms with van der Waals surface area (Å²) in [6, 6.07) is 16.4. The van der Waals surface area contributed by atoms with Gasteiger partial charge in [0.2, 0.25) is 0 Å². The normalized spacial score (nSPS) is 17.2. The number of ether oxygens (including phenoxy) is 1. The highest BCUT2D eigenvalue weighted by molar-refractivity contribution is 7.99. The first-order valence-electron chi connectivity index (χ1n) is 10.2. The average molecular weight is 422 g/mol. The molecule has 2 N–H and O–H groups in total. The maximum absolute atomic E-state index is 10.4. The van der Waals surface area contributed by atoms with E-state index in [2.05, 4.69) is 33.4 Å². The molecule has 2 aromatic carbocycles. The van der Waals surface area contributed by atoms with Gasteiger partial charge in [-0.15, -0.1) is 10.2 Å². The number of hydrogen-bond acceptors (Lipinski definition) is 6. The van der Waals surface area contributed by atoms with Gasteiger partial charge in [-0.2, -0.15) is 0 Å². The third-order valence-electron chi connectivity index (χ3n) is 5.43. The van der Waals surface area contributed by atoms with Crippen LogP contribution in [-0.4, -0.2) is 38.8 Å². The molecule has 30 heavy (non-hydrogen) atoms. The Morgan fingerprint density at radius 1 is 1.17 bits per heavy atom. The number of aliphatic hydroxyl groups is 1. The van der Waals surface area contributed by atoms with Crippen LogP contribution in [0, 0.1) is 0 Å². The number of thioether (sulfide) groups is 1. The summed E-state index contributed by atoms with van der Waals surface area (Å²) in [7, 11) is 0. The molecule has 2 atom stereocenters. The van der Waals surface area contributed by atoms with E-state index in [1.54, 1.807) is 0 Å². The van der Waals surface area contributed by atoms with Gasteiger partial charge in [0.1, 0.15) is 0 Å². The lowest BCUT2D eigenvalue weighted by Crippen LogP contribution is -2.22. The zero-order valence-electron chi connectivity index (χ0n) is 16.5. The van der Waals surface area contributed by atoms with Crippen LogP contribution in [0.5, 0.6) is 0 Å². The number of aromatic amines is 1. The minimum absolute atomic E-state index is 0.0616. The number of para-hydroxylation sites is 1. The molecule has 1 aliphatic carbocycles. The van der Waals surface area contributed by atoms with Crippen molar-refractivity contribution in [1.29, 1.82) is 0 Å². The molecule has 5 rings (SSSR count). The highest BCUT2D eigenvalue weighted by Crippen LogP contribution is 2.33. The molecule has 2 heterocycles. The van der Waals surface area contributed by atoms with E-state index in [-0.39, 0.29) is 12.7 Å². The first-order chi connectivity index (χ1) is 14.8. The van der Waals surface area contributed by atoms with Crippen molar-refractivity contribution < 1.29 is 14.3 Å². The fraction of sp³-hybridized carbons (Fsp3) is 0.304. The van der Waals surface area contributed by atoms with Gasteiger partial charge < -0.3 is 19.2 Å². The molecule has 0 amide bonds. The van der Waals surface area contributed by atoms with Gasteiger partial charge >= 0.3 is 0 Å². The fourth-order valence-corrected chi connectivity index (χ4v) is 4.62. The molecule has 0 saturated heterocycles. The third kappa shape index (κ3) is 4.01. The van der Waals surface area contributed by atoms with Gasteiger partial charge in [0, 0.05) is 22.9 Å². The summed E-state index contributed by atoms with van der Waals surface area (Å²) >= 11 is 1.34. The van der Waals surface area contributed by atoms with Crippen LogP contribution < -0.4 is 0 Å². The van der Waals surface area contributed by atoms with Crippen molar-refractivity contribution in [2.75, 3.05) is 12.4 Å². The average Bonchev–Trinajstić information content (AvgIpc) is 3.43. The molecule has 4 aromatic rings. The predicted molar refractivity (Wildman–Crippen MR) is 116 cm³/mol. The maximum Gasteiger partial charge on any atom is 0.276 e. The SMILES string of the molecule is O[C@@H](CO[C@@H]1CCCc2ccccc21)CSc1nnc(-c2c[nH]c3ccccc23)o1. The van der Waals surface area contributed by atoms with Gasteiger partial charge in [-0.1, -0.05) is 54.2 Å². The van der Waals surface area contributed by atoms with Crippen LogP contribution in [0.3, 0.4) is 0 Å². The van der Waals surface area contributed by atoms with Crippen molar-refractivity contribution in [3.8, 4) is 11.5 Å². The Bertz CT molecular complexity index is 1140. The number of H-pyrrole nitrogens is 1. The van der Waals surface area contributed by atoms with Gasteiger partial charge in [0.05, 0.1) is 24.4 Å². The van der Waals surface area contributed by atoms with Gasteiger partial charge in [-0.05, 0) is 36.5 Å². The Kier molecular flexibility index (Phi) is 5.57. The Hall–Kier alpha value is -2.61. The summed E-state index contributed by atoms with van der Waals surface area (Å²) in [5, 5.41) is 20.1. The van der Waals surface area contributed by atoms with Crippen molar-refractivity contribution in [2.24, 2.45) is 0 Å². The predicted octanol–water partition coefficient (Wildman–Crippen LogP) is 4.77. The molecule has 154 valence electrons. The second-order valence-electron chi connectivity index (χ2n) is 7.50. The number of aliphatic hydroxyl groups excluding tert-OH is 1. The molecule has 0 unspecified atom stereocenters. The van der Waals surface area contributed by atoms with E-state index < -0.39 is 6.10 Å². The molecule has 7 heteroatoms. The van der Waals surface area contributed by atoms with Crippen molar-refractivity contribution >= 4 is 22.7 Å². The summed E-state index contributed by atoms with van der Waals surface area (Å²) in [5.41, 5.74) is 4.51. The number of aromatic nitrogens is 3. The van der Waals surface area contributed by atoms with Gasteiger partial charge in [0.25, 0.3) is 11.1 Å². The lowest BCUT2D eigenvalue weighted by Gasteiger charge is -2.26. The van der Waals surface area contributed by atoms with Gasteiger partial charge in [-0.3, -0.25) is 0 Å². The lowest BCUT2D eigenvalue weighted by molar-refractivity contribution is -0.00963. The van der Waals surface area contributed by atoms with E-state index in [4.69, 9.17) is 9.15 Å². The van der Waals surface area contributed by atoms with Crippen LogP contribution in [0.2, 0.25) is 0 Å². The first-order valence-corrected chi connectivity index (χ1v) is 11.2. The zero-order chi connectivity index (χ0) is 20.3. The summed E-state index contributed by atoms with van der Waals surface area (Å²) in [6.07, 6.45) is 4.54. The Morgan fingerprint density at radius 3 is 3.00 bits per heavy atom. The Balaban J connectivity index is 1.16. The Morgan fingerprint density at radius 2 is 2.03 bits per heavy atom. The van der Waals surface area contributed by atoms with Crippen LogP contribution in [0.1, 0.15) is 30.1 Å². The molecule has 2 aromatic heterocycles. The molecule has 0 spiro atoms. The molecular weight excluding hydrogens is 398 g/mol. The van der Waals surface area contributed by atoms with E-state index in [1.807, 2.05) is 36.5 Å². The molecule has 0 aliphatic heterocycles. The fourth-order valence-electron chi connectivity index (χ4n) is 3.95. The standard InChI is InChI=1S/C23H23N3O3S/c27-16(13-28-21-11-5-7-15-6-1-2-8-17(15)21)14-30-23-26-25-22(29-23)19-12-24-20-10-4-3-9-18(19)20/h1-4,6,8-10,12,16,21,24,27H,5,7,11,13-14H2/t16-,21+/m0/s1. The largest absolute Gasteiger partial charge is 0.411 e. The number of rotatable bonds is 7. The van der Waals surface area contributed by atoms with Crippen molar-refractivity contribution in [2.45, 2.75) is 36.7 Å². The summed E-state index contributed by atoms with van der Waals surface area (Å²) in [6.45, 7) is 0.287. The second-order valence-corrected chi connectivity index (χ2v) is 8.47. The minimum atomic E-state index is -0.604. The smallest absolute Gasteiger partial charge is 0.276 e. The number of aryl methyl sites for hydroxylation is 1. The summed E-state index contributed by atoms with van der Waals surface area (Å²) in [5.74, 6) is 0.906.